The zero-order chi connectivity index (χ0) is 22.9. The highest BCUT2D eigenvalue weighted by Crippen LogP contribution is 2.67. The molecule has 8 heteroatoms. The van der Waals surface area contributed by atoms with Crippen molar-refractivity contribution >= 4 is 55.2 Å². The highest BCUT2D eigenvalue weighted by Gasteiger charge is 2.70. The zero-order valence-corrected chi connectivity index (χ0v) is 21.3. The fourth-order valence-electron chi connectivity index (χ4n) is 7.70. The highest BCUT2D eigenvalue weighted by molar-refractivity contribution is 9.10. The van der Waals surface area contributed by atoms with Crippen molar-refractivity contribution in [1.29, 1.82) is 0 Å². The van der Waals surface area contributed by atoms with Gasteiger partial charge in [0.25, 0.3) is 0 Å². The summed E-state index contributed by atoms with van der Waals surface area (Å²) in [6, 6.07) is 0. The summed E-state index contributed by atoms with van der Waals surface area (Å²) in [4.78, 5) is 49.8. The van der Waals surface area contributed by atoms with Gasteiger partial charge in [-0.25, -0.2) is 0 Å². The van der Waals surface area contributed by atoms with E-state index in [-0.39, 0.29) is 63.1 Å². The first kappa shape index (κ1) is 23.6. The van der Waals surface area contributed by atoms with Crippen LogP contribution < -0.4 is 0 Å². The van der Waals surface area contributed by atoms with Crippen LogP contribution in [0.25, 0.3) is 0 Å². The maximum Gasteiger partial charge on any atom is 0.303 e. The topological polar surface area (TPSA) is 97.7 Å². The molecule has 172 valence electrons. The Labute approximate surface area is 199 Å². The molecule has 0 aromatic carbocycles. The SMILES string of the molecule is CC(=O)OCC(=O)[C@@]1(O)CC[C@H]2[C@@H]3CCC4[C@@H](Br)C(=O)[C@H](Br)C[C@]4(C)[C@H]3C(=O)C[C@@]21C. The molecule has 4 fully saturated rings. The molecule has 0 aromatic heterocycles. The van der Waals surface area contributed by atoms with Crippen LogP contribution in [0.4, 0.5) is 0 Å². The lowest BCUT2D eigenvalue weighted by molar-refractivity contribution is -0.179. The number of carbonyl (C=O) groups is 4. The van der Waals surface area contributed by atoms with Crippen LogP contribution in [-0.2, 0) is 23.9 Å². The van der Waals surface area contributed by atoms with Crippen molar-refractivity contribution in [3.8, 4) is 0 Å². The molecule has 4 aliphatic rings. The van der Waals surface area contributed by atoms with Crippen molar-refractivity contribution in [2.24, 2.45) is 34.5 Å². The smallest absolute Gasteiger partial charge is 0.303 e. The Balaban J connectivity index is 1.66. The quantitative estimate of drug-likeness (QED) is 0.419. The second-order valence-corrected chi connectivity index (χ2v) is 12.7. The van der Waals surface area contributed by atoms with Crippen LogP contribution >= 0.6 is 31.9 Å². The van der Waals surface area contributed by atoms with Crippen LogP contribution in [0.5, 0.6) is 0 Å². The average Bonchev–Trinajstić information content (AvgIpc) is 2.95. The van der Waals surface area contributed by atoms with E-state index in [0.717, 1.165) is 12.8 Å². The summed E-state index contributed by atoms with van der Waals surface area (Å²) in [7, 11) is 0. The van der Waals surface area contributed by atoms with Crippen LogP contribution in [0.3, 0.4) is 0 Å². The molecule has 0 bridgehead atoms. The fourth-order valence-corrected chi connectivity index (χ4v) is 10.2. The largest absolute Gasteiger partial charge is 0.458 e. The first-order valence-electron chi connectivity index (χ1n) is 11.1. The lowest BCUT2D eigenvalue weighted by Gasteiger charge is -2.61. The minimum absolute atomic E-state index is 0.0411. The molecule has 0 radical (unpaired) electrons. The molecule has 4 rings (SSSR count). The van der Waals surface area contributed by atoms with Gasteiger partial charge in [0.05, 0.1) is 9.65 Å². The number of ketones is 3. The summed E-state index contributed by atoms with van der Waals surface area (Å²) >= 11 is 7.17. The normalized spacial score (nSPS) is 49.1. The summed E-state index contributed by atoms with van der Waals surface area (Å²) < 4.78 is 4.88. The summed E-state index contributed by atoms with van der Waals surface area (Å²) in [5.74, 6) is -0.787. The Kier molecular flexibility index (Phi) is 5.87. The van der Waals surface area contributed by atoms with Gasteiger partial charge in [0.15, 0.2) is 12.4 Å². The molecule has 0 aliphatic heterocycles. The van der Waals surface area contributed by atoms with Gasteiger partial charge in [-0.05, 0) is 55.3 Å². The van der Waals surface area contributed by atoms with Crippen molar-refractivity contribution in [3.05, 3.63) is 0 Å². The number of Topliss-reactive ketones (excluding diaryl/α,β-unsaturated/α-hetero) is 3. The number of alkyl halides is 2. The van der Waals surface area contributed by atoms with E-state index in [9.17, 15) is 24.3 Å². The second-order valence-electron chi connectivity index (χ2n) is 10.6. The van der Waals surface area contributed by atoms with E-state index in [4.69, 9.17) is 4.74 Å². The average molecular weight is 562 g/mol. The number of rotatable bonds is 3. The zero-order valence-electron chi connectivity index (χ0n) is 18.2. The predicted octanol–water partition coefficient (Wildman–Crippen LogP) is 3.39. The van der Waals surface area contributed by atoms with Crippen molar-refractivity contribution in [2.75, 3.05) is 6.61 Å². The molecule has 1 N–H and O–H groups in total. The minimum Gasteiger partial charge on any atom is -0.458 e. The highest BCUT2D eigenvalue weighted by atomic mass is 79.9. The Morgan fingerprint density at radius 1 is 1.13 bits per heavy atom. The van der Waals surface area contributed by atoms with Crippen molar-refractivity contribution in [2.45, 2.75) is 74.6 Å². The van der Waals surface area contributed by atoms with E-state index in [1.807, 2.05) is 6.92 Å². The van der Waals surface area contributed by atoms with E-state index in [2.05, 4.69) is 38.8 Å². The summed E-state index contributed by atoms with van der Waals surface area (Å²) in [6.45, 7) is 4.78. The van der Waals surface area contributed by atoms with Crippen molar-refractivity contribution < 1.29 is 29.0 Å². The van der Waals surface area contributed by atoms with E-state index in [1.54, 1.807) is 0 Å². The maximum absolute atomic E-state index is 13.7. The molecular weight excluding hydrogens is 532 g/mol. The summed E-state index contributed by atoms with van der Waals surface area (Å²) in [5, 5.41) is 11.5. The van der Waals surface area contributed by atoms with Crippen LogP contribution in [-0.4, -0.2) is 50.3 Å². The van der Waals surface area contributed by atoms with Gasteiger partial charge in [0.1, 0.15) is 11.4 Å². The monoisotopic (exact) mass is 560 g/mol. The first-order valence-corrected chi connectivity index (χ1v) is 12.9. The Hall–Kier alpha value is -0.600. The number of hydrogen-bond acceptors (Lipinski definition) is 6. The molecule has 1 unspecified atom stereocenters. The molecule has 0 amide bonds. The third-order valence-corrected chi connectivity index (χ3v) is 11.1. The van der Waals surface area contributed by atoms with E-state index < -0.39 is 29.4 Å². The van der Waals surface area contributed by atoms with Gasteiger partial charge in [0, 0.05) is 24.7 Å². The van der Waals surface area contributed by atoms with Gasteiger partial charge in [-0.15, -0.1) is 0 Å². The Morgan fingerprint density at radius 2 is 1.81 bits per heavy atom. The van der Waals surface area contributed by atoms with Gasteiger partial charge < -0.3 is 9.84 Å². The van der Waals surface area contributed by atoms with Crippen LogP contribution in [0.2, 0.25) is 0 Å². The van der Waals surface area contributed by atoms with E-state index >= 15 is 0 Å². The van der Waals surface area contributed by atoms with Gasteiger partial charge in [0.2, 0.25) is 5.78 Å². The van der Waals surface area contributed by atoms with Crippen LogP contribution in [0.1, 0.15) is 59.3 Å². The van der Waals surface area contributed by atoms with Crippen LogP contribution in [0.15, 0.2) is 0 Å². The lowest BCUT2D eigenvalue weighted by atomic mass is 9.44. The van der Waals surface area contributed by atoms with Gasteiger partial charge >= 0.3 is 5.97 Å². The van der Waals surface area contributed by atoms with E-state index in [0.29, 0.717) is 12.8 Å². The molecule has 0 aromatic rings. The molecule has 31 heavy (non-hydrogen) atoms. The number of ether oxygens (including phenoxy) is 1. The third kappa shape index (κ3) is 3.25. The number of esters is 1. The van der Waals surface area contributed by atoms with Crippen molar-refractivity contribution in [3.63, 3.8) is 0 Å². The molecule has 0 heterocycles. The summed E-state index contributed by atoms with van der Waals surface area (Å²) in [6.07, 6.45) is 3.38. The van der Waals surface area contributed by atoms with Gasteiger partial charge in [-0.1, -0.05) is 45.7 Å². The fraction of sp³-hybridized carbons (Fsp3) is 0.826. The minimum atomic E-state index is -1.66. The molecule has 4 aliphatic carbocycles. The molecule has 6 nitrogen and oxygen atoms in total. The number of aliphatic hydroxyl groups is 1. The maximum atomic E-state index is 13.7. The lowest BCUT2D eigenvalue weighted by Crippen LogP contribution is -2.64. The number of fused-ring (bicyclic) bond motifs is 5. The molecule has 4 saturated carbocycles. The first-order chi connectivity index (χ1) is 14.4. The predicted molar refractivity (Wildman–Crippen MR) is 120 cm³/mol. The molecular formula is C23H30Br2O6. The number of carbonyl (C=O) groups excluding carboxylic acids is 4. The summed E-state index contributed by atoms with van der Waals surface area (Å²) in [5.41, 5.74) is -2.83. The second kappa shape index (κ2) is 7.73. The van der Waals surface area contributed by atoms with Crippen LogP contribution in [0, 0.1) is 34.5 Å². The number of hydrogen-bond donors (Lipinski definition) is 1. The third-order valence-electron chi connectivity index (χ3n) is 9.20. The van der Waals surface area contributed by atoms with Gasteiger partial charge in [-0.3, -0.25) is 19.2 Å². The Morgan fingerprint density at radius 3 is 2.45 bits per heavy atom. The molecule has 9 atom stereocenters. The Bertz CT molecular complexity index is 844. The molecule has 0 spiro atoms. The van der Waals surface area contributed by atoms with Gasteiger partial charge in [-0.2, -0.15) is 0 Å². The standard InChI is InChI=1S/C23H30Br2O6/c1-11(26)31-10-17(28)23(30)7-6-13-12-4-5-14-19(25)20(29)15(24)8-21(14,2)18(12)16(27)9-22(13,23)3/h12-15,18-19,30H,4-10H2,1-3H3/t12-,13-,14?,15+,18+,19+,21-,22-,23-/m0/s1. The van der Waals surface area contributed by atoms with E-state index in [1.165, 1.54) is 6.92 Å². The van der Waals surface area contributed by atoms with Crippen molar-refractivity contribution in [1.82, 2.24) is 0 Å². The number of halogens is 2. The molecule has 0 saturated heterocycles.